The van der Waals surface area contributed by atoms with Crippen LogP contribution in [0.3, 0.4) is 0 Å². The third kappa shape index (κ3) is 3.44. The Labute approximate surface area is 127 Å². The maximum atomic E-state index is 9.55. The monoisotopic (exact) mass is 288 g/mol. The lowest BCUT2D eigenvalue weighted by molar-refractivity contribution is 0.107. The number of rotatable bonds is 5. The molecule has 2 rings (SSSR count). The van der Waals surface area contributed by atoms with Crippen LogP contribution in [0, 0.1) is 11.3 Å². The van der Waals surface area contributed by atoms with Gasteiger partial charge < -0.3 is 9.84 Å². The van der Waals surface area contributed by atoms with Crippen molar-refractivity contribution in [1.82, 2.24) is 4.90 Å². The molecule has 4 nitrogen and oxygen atoms in total. The molecule has 1 aromatic rings. The van der Waals surface area contributed by atoms with Crippen LogP contribution in [-0.2, 0) is 16.7 Å². The quantitative estimate of drug-likeness (QED) is 0.901. The number of aliphatic hydroxyl groups is 1. The molecule has 1 aromatic carbocycles. The second kappa shape index (κ2) is 6.57. The van der Waals surface area contributed by atoms with E-state index in [1.54, 1.807) is 7.11 Å². The zero-order valence-corrected chi connectivity index (χ0v) is 13.0. The average Bonchev–Trinajstić information content (AvgIpc) is 2.90. The molecule has 1 aliphatic rings. The van der Waals surface area contributed by atoms with Gasteiger partial charge in [-0.1, -0.05) is 24.3 Å². The molecule has 21 heavy (non-hydrogen) atoms. The highest BCUT2D eigenvalue weighted by Gasteiger charge is 2.32. The molecule has 0 aromatic heterocycles. The molecule has 1 aliphatic heterocycles. The lowest BCUT2D eigenvalue weighted by Crippen LogP contribution is -2.33. The number of nitriles is 1. The van der Waals surface area contributed by atoms with E-state index < -0.39 is 5.41 Å². The molecule has 1 heterocycles. The maximum Gasteiger partial charge on any atom is 0.0769 e. The molecule has 0 saturated carbocycles. The van der Waals surface area contributed by atoms with Crippen molar-refractivity contribution in [2.45, 2.75) is 44.4 Å². The van der Waals surface area contributed by atoms with E-state index in [1.807, 2.05) is 32.0 Å². The highest BCUT2D eigenvalue weighted by molar-refractivity contribution is 5.37. The Morgan fingerprint density at radius 2 is 2.14 bits per heavy atom. The van der Waals surface area contributed by atoms with Crippen LogP contribution in [0.15, 0.2) is 24.3 Å². The normalized spacial score (nSPS) is 23.2. The molecule has 1 fully saturated rings. The van der Waals surface area contributed by atoms with Crippen molar-refractivity contribution in [2.75, 3.05) is 20.3 Å². The van der Waals surface area contributed by atoms with Crippen LogP contribution < -0.4 is 0 Å². The van der Waals surface area contributed by atoms with Gasteiger partial charge in [-0.3, -0.25) is 4.90 Å². The Bertz CT molecular complexity index is 522. The number of likely N-dealkylation sites (tertiary alicyclic amines) is 1. The van der Waals surface area contributed by atoms with Crippen molar-refractivity contribution < 1.29 is 9.84 Å². The van der Waals surface area contributed by atoms with Gasteiger partial charge in [0.25, 0.3) is 0 Å². The average molecular weight is 288 g/mol. The fraction of sp³-hybridized carbons (Fsp3) is 0.588. The Morgan fingerprint density at radius 3 is 2.76 bits per heavy atom. The van der Waals surface area contributed by atoms with Crippen LogP contribution in [0.25, 0.3) is 0 Å². The minimum absolute atomic E-state index is 0.133. The fourth-order valence-corrected chi connectivity index (χ4v) is 3.04. The van der Waals surface area contributed by atoms with Gasteiger partial charge in [0.1, 0.15) is 0 Å². The minimum atomic E-state index is -0.508. The summed E-state index contributed by atoms with van der Waals surface area (Å²) in [5, 5.41) is 18.9. The predicted octanol–water partition coefficient (Wildman–Crippen LogP) is 2.07. The molecule has 0 aliphatic carbocycles. The summed E-state index contributed by atoms with van der Waals surface area (Å²) >= 11 is 0. The van der Waals surface area contributed by atoms with Crippen molar-refractivity contribution in [3.8, 4) is 6.07 Å². The molecule has 0 spiro atoms. The zero-order valence-electron chi connectivity index (χ0n) is 13.0. The SMILES string of the molecule is CO[C@H]1C[C@@H](CO)N(Cc2ccccc2C(C)(C)C#N)C1. The van der Waals surface area contributed by atoms with Crippen LogP contribution in [0.1, 0.15) is 31.4 Å². The summed E-state index contributed by atoms with van der Waals surface area (Å²) in [6, 6.07) is 10.6. The topological polar surface area (TPSA) is 56.5 Å². The largest absolute Gasteiger partial charge is 0.395 e. The Balaban J connectivity index is 2.22. The summed E-state index contributed by atoms with van der Waals surface area (Å²) in [5.41, 5.74) is 1.70. The van der Waals surface area contributed by atoms with Crippen LogP contribution in [0.4, 0.5) is 0 Å². The van der Waals surface area contributed by atoms with Gasteiger partial charge in [0.2, 0.25) is 0 Å². The van der Waals surface area contributed by atoms with E-state index in [1.165, 1.54) is 0 Å². The second-order valence-corrected chi connectivity index (χ2v) is 6.25. The summed E-state index contributed by atoms with van der Waals surface area (Å²) in [5.74, 6) is 0. The Morgan fingerprint density at radius 1 is 1.43 bits per heavy atom. The van der Waals surface area contributed by atoms with Gasteiger partial charge in [-0.25, -0.2) is 0 Å². The number of ether oxygens (including phenoxy) is 1. The highest BCUT2D eigenvalue weighted by atomic mass is 16.5. The van der Waals surface area contributed by atoms with Gasteiger partial charge in [-0.05, 0) is 31.4 Å². The standard InChI is InChI=1S/C17H24N2O2/c1-17(2,12-18)16-7-5-4-6-13(16)9-19-10-15(21-3)8-14(19)11-20/h4-7,14-15,20H,8-11H2,1-3H3/t14-,15-/m0/s1. The van der Waals surface area contributed by atoms with Gasteiger partial charge in [-0.15, -0.1) is 0 Å². The molecule has 0 unspecified atom stereocenters. The van der Waals surface area contributed by atoms with E-state index >= 15 is 0 Å². The van der Waals surface area contributed by atoms with E-state index in [0.29, 0.717) is 0 Å². The molecule has 1 N–H and O–H groups in total. The first kappa shape index (κ1) is 16.0. The van der Waals surface area contributed by atoms with Crippen LogP contribution in [-0.4, -0.2) is 42.4 Å². The Hall–Kier alpha value is -1.41. The second-order valence-electron chi connectivity index (χ2n) is 6.25. The number of benzene rings is 1. The van der Waals surface area contributed by atoms with Crippen LogP contribution in [0.5, 0.6) is 0 Å². The Kier molecular flexibility index (Phi) is 5.00. The number of nitrogens with zero attached hydrogens (tertiary/aromatic N) is 2. The van der Waals surface area contributed by atoms with Gasteiger partial charge in [0, 0.05) is 26.2 Å². The predicted molar refractivity (Wildman–Crippen MR) is 81.8 cm³/mol. The third-order valence-electron chi connectivity index (χ3n) is 4.38. The molecular formula is C17H24N2O2. The first-order chi connectivity index (χ1) is 10.0. The van der Waals surface area contributed by atoms with Gasteiger partial charge >= 0.3 is 0 Å². The van der Waals surface area contributed by atoms with Crippen molar-refractivity contribution in [1.29, 1.82) is 5.26 Å². The first-order valence-corrected chi connectivity index (χ1v) is 7.39. The van der Waals surface area contributed by atoms with E-state index in [9.17, 15) is 10.4 Å². The molecule has 114 valence electrons. The molecule has 2 atom stereocenters. The maximum absolute atomic E-state index is 9.55. The molecular weight excluding hydrogens is 264 g/mol. The summed E-state index contributed by atoms with van der Waals surface area (Å²) in [4.78, 5) is 2.25. The van der Waals surface area contributed by atoms with E-state index in [2.05, 4.69) is 17.0 Å². The fourth-order valence-electron chi connectivity index (χ4n) is 3.04. The minimum Gasteiger partial charge on any atom is -0.395 e. The van der Waals surface area contributed by atoms with E-state index in [0.717, 1.165) is 30.6 Å². The lowest BCUT2D eigenvalue weighted by atomic mass is 9.83. The highest BCUT2D eigenvalue weighted by Crippen LogP contribution is 2.29. The first-order valence-electron chi connectivity index (χ1n) is 7.39. The third-order valence-corrected chi connectivity index (χ3v) is 4.38. The van der Waals surface area contributed by atoms with Crippen molar-refractivity contribution in [3.05, 3.63) is 35.4 Å². The van der Waals surface area contributed by atoms with Crippen molar-refractivity contribution >= 4 is 0 Å². The molecule has 0 bridgehead atoms. The van der Waals surface area contributed by atoms with Gasteiger partial charge in [0.05, 0.1) is 24.2 Å². The zero-order chi connectivity index (χ0) is 15.5. The summed E-state index contributed by atoms with van der Waals surface area (Å²) in [6.45, 7) is 5.59. The summed E-state index contributed by atoms with van der Waals surface area (Å²) in [6.07, 6.45) is 1.04. The van der Waals surface area contributed by atoms with Gasteiger partial charge in [0.15, 0.2) is 0 Å². The lowest BCUT2D eigenvalue weighted by Gasteiger charge is -2.26. The molecule has 0 amide bonds. The van der Waals surface area contributed by atoms with Crippen molar-refractivity contribution in [2.24, 2.45) is 0 Å². The van der Waals surface area contributed by atoms with Gasteiger partial charge in [-0.2, -0.15) is 5.26 Å². The molecule has 1 saturated heterocycles. The number of hydrogen-bond donors (Lipinski definition) is 1. The van der Waals surface area contributed by atoms with E-state index in [4.69, 9.17) is 4.74 Å². The summed E-state index contributed by atoms with van der Waals surface area (Å²) in [7, 11) is 1.72. The smallest absolute Gasteiger partial charge is 0.0769 e. The number of aliphatic hydroxyl groups excluding tert-OH is 1. The molecule has 0 radical (unpaired) electrons. The van der Waals surface area contributed by atoms with Crippen LogP contribution in [0.2, 0.25) is 0 Å². The number of hydrogen-bond acceptors (Lipinski definition) is 4. The molecule has 4 heteroatoms. The number of methoxy groups -OCH3 is 1. The van der Waals surface area contributed by atoms with E-state index in [-0.39, 0.29) is 18.8 Å². The van der Waals surface area contributed by atoms with Crippen LogP contribution >= 0.6 is 0 Å². The van der Waals surface area contributed by atoms with Crippen molar-refractivity contribution in [3.63, 3.8) is 0 Å². The summed E-state index contributed by atoms with van der Waals surface area (Å²) < 4.78 is 5.42.